The lowest BCUT2D eigenvalue weighted by Crippen LogP contribution is -2.61. The number of pyridine rings is 3. The molecule has 9 heteroatoms. The van der Waals surface area contributed by atoms with E-state index in [4.69, 9.17) is 9.47 Å². The van der Waals surface area contributed by atoms with Crippen LogP contribution in [0.15, 0.2) is 35.4 Å². The molecule has 0 amide bonds. The zero-order valence-corrected chi connectivity index (χ0v) is 21.0. The number of fused-ring (bicyclic) bond motifs is 5. The molecule has 3 aromatic heterocycles. The van der Waals surface area contributed by atoms with Crippen molar-refractivity contribution in [3.05, 3.63) is 63.6 Å². The molecule has 3 aromatic rings. The van der Waals surface area contributed by atoms with Crippen LogP contribution < -0.4 is 15.6 Å². The molecule has 196 valence electrons. The number of aliphatic hydroxyl groups is 1. The third kappa shape index (κ3) is 4.64. The highest BCUT2D eigenvalue weighted by Gasteiger charge is 2.49. The summed E-state index contributed by atoms with van der Waals surface area (Å²) in [7, 11) is 0. The Bertz CT molecular complexity index is 1350. The second kappa shape index (κ2) is 9.78. The lowest BCUT2D eigenvalue weighted by Gasteiger charge is -2.53. The molecule has 0 spiro atoms. The summed E-state index contributed by atoms with van der Waals surface area (Å²) < 4.78 is 28.6. The Morgan fingerprint density at radius 3 is 2.81 bits per heavy atom. The number of aromatic nitrogens is 3. The molecule has 37 heavy (non-hydrogen) atoms. The minimum absolute atomic E-state index is 0.0634. The number of rotatable bonds is 8. The number of aryl methyl sites for hydroxylation is 2. The minimum Gasteiger partial charge on any atom is -0.492 e. The zero-order valence-electron chi connectivity index (χ0n) is 21.0. The predicted octanol–water partition coefficient (Wildman–Crippen LogP) is 3.05. The summed E-state index contributed by atoms with van der Waals surface area (Å²) in [6, 6.07) is 5.19. The van der Waals surface area contributed by atoms with Crippen LogP contribution in [0.5, 0.6) is 5.75 Å². The SMILES string of the molecule is O=c1ccc2ncc(F)c(CCC34CCC(NCc5cc6c(cn5)OCCC6)(CC3)CO4)c2n1CCO. The van der Waals surface area contributed by atoms with Crippen molar-refractivity contribution < 1.29 is 19.0 Å². The number of hydrogen-bond donors (Lipinski definition) is 2. The summed E-state index contributed by atoms with van der Waals surface area (Å²) in [5, 5.41) is 13.2. The lowest BCUT2D eigenvalue weighted by molar-refractivity contribution is -0.165. The van der Waals surface area contributed by atoms with Crippen LogP contribution in [0, 0.1) is 5.82 Å². The number of ether oxygens (including phenoxy) is 2. The molecule has 6 heterocycles. The molecule has 1 aliphatic carbocycles. The highest BCUT2D eigenvalue weighted by molar-refractivity contribution is 5.78. The maximum atomic E-state index is 15.0. The topological polar surface area (TPSA) is 98.5 Å². The molecular formula is C28H33FN4O4. The van der Waals surface area contributed by atoms with Gasteiger partial charge < -0.3 is 24.5 Å². The van der Waals surface area contributed by atoms with Gasteiger partial charge in [0.15, 0.2) is 0 Å². The third-order valence-corrected chi connectivity index (χ3v) is 8.48. The summed E-state index contributed by atoms with van der Waals surface area (Å²) in [6.45, 7) is 1.99. The third-order valence-electron chi connectivity index (χ3n) is 8.48. The predicted molar refractivity (Wildman–Crippen MR) is 136 cm³/mol. The molecule has 0 unspecified atom stereocenters. The molecule has 0 atom stereocenters. The quantitative estimate of drug-likeness (QED) is 0.483. The number of nitrogens with one attached hydrogen (secondary N) is 1. The van der Waals surface area contributed by atoms with Gasteiger partial charge in [-0.15, -0.1) is 0 Å². The van der Waals surface area contributed by atoms with Crippen LogP contribution in [-0.2, 0) is 30.7 Å². The summed E-state index contributed by atoms with van der Waals surface area (Å²) in [4.78, 5) is 21.2. The zero-order chi connectivity index (χ0) is 25.5. The van der Waals surface area contributed by atoms with Crippen LogP contribution in [0.25, 0.3) is 11.0 Å². The van der Waals surface area contributed by atoms with Crippen molar-refractivity contribution in [2.75, 3.05) is 19.8 Å². The summed E-state index contributed by atoms with van der Waals surface area (Å²) >= 11 is 0. The van der Waals surface area contributed by atoms with E-state index in [0.29, 0.717) is 42.6 Å². The fourth-order valence-electron chi connectivity index (χ4n) is 6.21. The molecule has 2 N–H and O–H groups in total. The number of hydrogen-bond acceptors (Lipinski definition) is 7. The molecule has 4 aliphatic rings. The smallest absolute Gasteiger partial charge is 0.251 e. The number of aliphatic hydroxyl groups excluding tert-OH is 1. The summed E-state index contributed by atoms with van der Waals surface area (Å²) in [5.74, 6) is 0.482. The van der Waals surface area contributed by atoms with E-state index < -0.39 is 5.82 Å². The first kappa shape index (κ1) is 24.5. The lowest BCUT2D eigenvalue weighted by atomic mass is 9.69. The van der Waals surface area contributed by atoms with Gasteiger partial charge in [0.1, 0.15) is 11.6 Å². The Labute approximate surface area is 214 Å². The summed E-state index contributed by atoms with van der Waals surface area (Å²) in [5.41, 5.74) is 3.14. The van der Waals surface area contributed by atoms with Crippen LogP contribution in [0.4, 0.5) is 4.39 Å². The van der Waals surface area contributed by atoms with E-state index in [-0.39, 0.29) is 29.9 Å². The van der Waals surface area contributed by atoms with E-state index in [9.17, 15) is 14.3 Å². The first-order valence-corrected chi connectivity index (χ1v) is 13.3. The van der Waals surface area contributed by atoms with Crippen molar-refractivity contribution in [1.82, 2.24) is 19.9 Å². The monoisotopic (exact) mass is 508 g/mol. The van der Waals surface area contributed by atoms with E-state index in [1.165, 1.54) is 22.4 Å². The van der Waals surface area contributed by atoms with Crippen LogP contribution in [0.1, 0.15) is 55.3 Å². The molecule has 2 saturated heterocycles. The normalized spacial score (nSPS) is 24.7. The molecule has 7 rings (SSSR count). The van der Waals surface area contributed by atoms with Gasteiger partial charge in [0, 0.05) is 30.3 Å². The molecule has 0 radical (unpaired) electrons. The number of halogens is 1. The van der Waals surface area contributed by atoms with Crippen LogP contribution in [-0.4, -0.2) is 50.6 Å². The van der Waals surface area contributed by atoms with Crippen molar-refractivity contribution in [2.24, 2.45) is 0 Å². The van der Waals surface area contributed by atoms with Crippen LogP contribution in [0.2, 0.25) is 0 Å². The van der Waals surface area contributed by atoms with Crippen LogP contribution >= 0.6 is 0 Å². The Balaban J connectivity index is 1.13. The maximum Gasteiger partial charge on any atom is 0.251 e. The van der Waals surface area contributed by atoms with E-state index in [0.717, 1.165) is 56.6 Å². The van der Waals surface area contributed by atoms with Crippen molar-refractivity contribution in [2.45, 2.75) is 75.6 Å². The molecule has 8 nitrogen and oxygen atoms in total. The minimum atomic E-state index is -0.424. The molecule has 1 saturated carbocycles. The fourth-order valence-corrected chi connectivity index (χ4v) is 6.21. The van der Waals surface area contributed by atoms with Gasteiger partial charge in [0.2, 0.25) is 0 Å². The molecule has 2 bridgehead atoms. The Kier molecular flexibility index (Phi) is 6.46. The fraction of sp³-hybridized carbons (Fsp3) is 0.536. The second-order valence-electron chi connectivity index (χ2n) is 10.7. The van der Waals surface area contributed by atoms with Gasteiger partial charge in [-0.25, -0.2) is 4.39 Å². The first-order valence-electron chi connectivity index (χ1n) is 13.3. The standard InChI is InChI=1S/C28H33FN4O4/c29-22-16-31-23-3-4-25(35)33(11-12-34)26(23)21(22)5-6-28-9-7-27(8-10-28,18-37-28)32-15-20-14-19-2-1-13-36-24(19)17-30-20/h3-4,14,16-17,32,34H,1-2,5-13,15,18H2. The maximum absolute atomic E-state index is 15.0. The van der Waals surface area contributed by atoms with Gasteiger partial charge in [-0.3, -0.25) is 14.8 Å². The summed E-state index contributed by atoms with van der Waals surface area (Å²) in [6.07, 6.45) is 10.1. The number of nitrogens with zero attached hydrogens (tertiary/aromatic N) is 3. The van der Waals surface area contributed by atoms with E-state index in [1.54, 1.807) is 6.07 Å². The van der Waals surface area contributed by atoms with Gasteiger partial charge in [0.05, 0.1) is 54.5 Å². The van der Waals surface area contributed by atoms with Crippen LogP contribution in [0.3, 0.4) is 0 Å². The highest BCUT2D eigenvalue weighted by Crippen LogP contribution is 2.46. The molecule has 3 fully saturated rings. The Hall–Kier alpha value is -2.88. The van der Waals surface area contributed by atoms with Crippen molar-refractivity contribution in [3.8, 4) is 5.75 Å². The van der Waals surface area contributed by atoms with Gasteiger partial charge >= 0.3 is 0 Å². The Morgan fingerprint density at radius 2 is 2.03 bits per heavy atom. The first-order chi connectivity index (χ1) is 18.0. The molecular weight excluding hydrogens is 475 g/mol. The molecule has 3 aliphatic heterocycles. The van der Waals surface area contributed by atoms with Gasteiger partial charge in [0.25, 0.3) is 5.56 Å². The largest absolute Gasteiger partial charge is 0.492 e. The van der Waals surface area contributed by atoms with E-state index in [2.05, 4.69) is 21.4 Å². The van der Waals surface area contributed by atoms with Gasteiger partial charge in [-0.2, -0.15) is 0 Å². The highest BCUT2D eigenvalue weighted by atomic mass is 19.1. The van der Waals surface area contributed by atoms with Crippen molar-refractivity contribution >= 4 is 11.0 Å². The second-order valence-corrected chi connectivity index (χ2v) is 10.7. The molecule has 0 aromatic carbocycles. The van der Waals surface area contributed by atoms with Crippen molar-refractivity contribution in [3.63, 3.8) is 0 Å². The van der Waals surface area contributed by atoms with E-state index in [1.807, 2.05) is 6.20 Å². The van der Waals surface area contributed by atoms with E-state index >= 15 is 0 Å². The Morgan fingerprint density at radius 1 is 1.16 bits per heavy atom. The average Bonchev–Trinajstić information content (AvgIpc) is 2.94. The average molecular weight is 509 g/mol. The van der Waals surface area contributed by atoms with Crippen molar-refractivity contribution in [1.29, 1.82) is 0 Å². The van der Waals surface area contributed by atoms with Gasteiger partial charge in [-0.05, 0) is 69.1 Å². The van der Waals surface area contributed by atoms with Gasteiger partial charge in [-0.1, -0.05) is 0 Å².